The van der Waals surface area contributed by atoms with Gasteiger partial charge in [0.25, 0.3) is 5.91 Å². The molecule has 0 radical (unpaired) electrons. The molecule has 0 bridgehead atoms. The van der Waals surface area contributed by atoms with Crippen molar-refractivity contribution in [1.82, 2.24) is 14.4 Å². The van der Waals surface area contributed by atoms with Gasteiger partial charge in [-0.25, -0.2) is 19.2 Å². The summed E-state index contributed by atoms with van der Waals surface area (Å²) in [5.74, 6) is -0.0757. The largest absolute Gasteiger partial charge is 0.494 e. The van der Waals surface area contributed by atoms with Crippen LogP contribution in [-0.4, -0.2) is 47.6 Å². The number of nitrogens with one attached hydrogen (secondary N) is 1. The van der Waals surface area contributed by atoms with E-state index in [1.54, 1.807) is 25.5 Å². The zero-order chi connectivity index (χ0) is 25.4. The number of benzene rings is 1. The lowest BCUT2D eigenvalue weighted by atomic mass is 10.1. The van der Waals surface area contributed by atoms with Crippen LogP contribution in [0.5, 0.6) is 5.75 Å². The molecule has 1 N–H and O–H groups in total. The third kappa shape index (κ3) is 4.33. The van der Waals surface area contributed by atoms with Gasteiger partial charge in [-0.1, -0.05) is 0 Å². The summed E-state index contributed by atoms with van der Waals surface area (Å²) >= 11 is 0. The molecule has 0 atom stereocenters. The van der Waals surface area contributed by atoms with Crippen molar-refractivity contribution in [3.05, 3.63) is 71.9 Å². The lowest BCUT2D eigenvalue weighted by Crippen LogP contribution is -2.26. The first-order valence-electron chi connectivity index (χ1n) is 11.3. The van der Waals surface area contributed by atoms with Crippen molar-refractivity contribution in [2.75, 3.05) is 31.5 Å². The molecule has 2 amide bonds. The van der Waals surface area contributed by atoms with Crippen molar-refractivity contribution in [2.24, 2.45) is 0 Å². The zero-order valence-electron chi connectivity index (χ0n) is 20.0. The topological polar surface area (TPSA) is 98.1 Å². The molecule has 3 heterocycles. The smallest absolute Gasteiger partial charge is 0.412 e. The Bertz CT molecular complexity index is 1460. The lowest BCUT2D eigenvalue weighted by Gasteiger charge is -2.20. The number of amides is 2. The molecule has 0 spiro atoms. The second-order valence-corrected chi connectivity index (χ2v) is 8.53. The number of nitrogens with zero attached hydrogens (tertiary/aromatic N) is 4. The maximum absolute atomic E-state index is 13.9. The van der Waals surface area contributed by atoms with E-state index < -0.39 is 11.9 Å². The van der Waals surface area contributed by atoms with Crippen LogP contribution in [0.15, 0.2) is 55.0 Å². The molecule has 9 nitrogen and oxygen atoms in total. The van der Waals surface area contributed by atoms with Gasteiger partial charge in [0, 0.05) is 36.1 Å². The van der Waals surface area contributed by atoms with Crippen LogP contribution in [-0.2, 0) is 4.74 Å². The summed E-state index contributed by atoms with van der Waals surface area (Å²) in [6.07, 6.45) is 6.77. The van der Waals surface area contributed by atoms with E-state index in [1.165, 1.54) is 37.3 Å². The zero-order valence-corrected chi connectivity index (χ0v) is 20.0. The normalized spacial score (nSPS) is 12.9. The molecular weight excluding hydrogens is 465 g/mol. The number of hydrogen-bond acceptors (Lipinski definition) is 6. The van der Waals surface area contributed by atoms with E-state index in [1.807, 2.05) is 22.7 Å². The Morgan fingerprint density at radius 2 is 1.92 bits per heavy atom. The molecule has 1 fully saturated rings. The van der Waals surface area contributed by atoms with Gasteiger partial charge >= 0.3 is 6.09 Å². The standard InChI is InChI=1S/C26H24FN5O4/c1-31(25(33)16-6-8-20(27)22(10-16)35-2)18-11-19(15-4-5-15)24-29-13-21(32(24)14-18)17-7-9-23(28-12-17)30-26(34)36-3/h6-15H,4-5H2,1-3H3,(H,28,30,34). The van der Waals surface area contributed by atoms with Gasteiger partial charge in [0.05, 0.1) is 31.8 Å². The van der Waals surface area contributed by atoms with Crippen molar-refractivity contribution in [3.8, 4) is 17.0 Å². The van der Waals surface area contributed by atoms with Gasteiger partial charge in [0.15, 0.2) is 11.6 Å². The average Bonchev–Trinajstić information content (AvgIpc) is 3.66. The second-order valence-electron chi connectivity index (χ2n) is 8.53. The number of carbonyl (C=O) groups excluding carboxylic acids is 2. The fourth-order valence-electron chi connectivity index (χ4n) is 4.07. The maximum Gasteiger partial charge on any atom is 0.412 e. The number of carbonyl (C=O) groups is 2. The van der Waals surface area contributed by atoms with Crippen LogP contribution in [0.4, 0.5) is 20.7 Å². The van der Waals surface area contributed by atoms with Crippen LogP contribution in [0, 0.1) is 5.82 Å². The average molecular weight is 490 g/mol. The van der Waals surface area contributed by atoms with Crippen LogP contribution in [0.1, 0.15) is 34.7 Å². The Morgan fingerprint density at radius 3 is 2.58 bits per heavy atom. The first-order valence-corrected chi connectivity index (χ1v) is 11.3. The molecule has 184 valence electrons. The minimum atomic E-state index is -0.602. The number of pyridine rings is 2. The van der Waals surface area contributed by atoms with E-state index >= 15 is 0 Å². The summed E-state index contributed by atoms with van der Waals surface area (Å²) in [6.45, 7) is 0. The molecule has 0 saturated heterocycles. The highest BCUT2D eigenvalue weighted by molar-refractivity contribution is 6.06. The van der Waals surface area contributed by atoms with Crippen molar-refractivity contribution in [2.45, 2.75) is 18.8 Å². The van der Waals surface area contributed by atoms with Gasteiger partial charge in [0.2, 0.25) is 0 Å². The molecular formula is C26H24FN5O4. The van der Waals surface area contributed by atoms with E-state index in [9.17, 15) is 14.0 Å². The molecule has 36 heavy (non-hydrogen) atoms. The second kappa shape index (κ2) is 9.29. The molecule has 10 heteroatoms. The third-order valence-electron chi connectivity index (χ3n) is 6.20. The van der Waals surface area contributed by atoms with E-state index in [4.69, 9.17) is 4.74 Å². The fraction of sp³-hybridized carbons (Fsp3) is 0.231. The van der Waals surface area contributed by atoms with Gasteiger partial charge in [-0.2, -0.15) is 0 Å². The van der Waals surface area contributed by atoms with E-state index in [-0.39, 0.29) is 11.7 Å². The van der Waals surface area contributed by atoms with Crippen LogP contribution in [0.2, 0.25) is 0 Å². The summed E-state index contributed by atoms with van der Waals surface area (Å²) in [5.41, 5.74) is 4.44. The van der Waals surface area contributed by atoms with Crippen LogP contribution in [0.3, 0.4) is 0 Å². The summed E-state index contributed by atoms with van der Waals surface area (Å²) in [5, 5.41) is 2.53. The Balaban J connectivity index is 1.53. The number of rotatable bonds is 6. The Labute approximate surface area is 206 Å². The number of imidazole rings is 1. The predicted octanol–water partition coefficient (Wildman–Crippen LogP) is 4.88. The first-order chi connectivity index (χ1) is 17.4. The van der Waals surface area contributed by atoms with Crippen molar-refractivity contribution in [1.29, 1.82) is 0 Å². The number of fused-ring (bicyclic) bond motifs is 1. The Kier molecular flexibility index (Phi) is 6.01. The van der Waals surface area contributed by atoms with Crippen molar-refractivity contribution in [3.63, 3.8) is 0 Å². The summed E-state index contributed by atoms with van der Waals surface area (Å²) in [4.78, 5) is 35.2. The lowest BCUT2D eigenvalue weighted by molar-refractivity contribution is 0.0992. The highest BCUT2D eigenvalue weighted by Crippen LogP contribution is 2.43. The fourth-order valence-corrected chi connectivity index (χ4v) is 4.07. The molecule has 3 aromatic heterocycles. The quantitative estimate of drug-likeness (QED) is 0.415. The molecule has 0 unspecified atom stereocenters. The monoisotopic (exact) mass is 489 g/mol. The SMILES string of the molecule is COC(=O)Nc1ccc(-c2cnc3c(C4CC4)cc(N(C)C(=O)c4ccc(F)c(OC)c4)cn23)cn1. The Hall–Kier alpha value is -4.47. The number of aromatic nitrogens is 3. The van der Waals surface area contributed by atoms with Crippen molar-refractivity contribution < 1.29 is 23.5 Å². The highest BCUT2D eigenvalue weighted by atomic mass is 19.1. The van der Waals surface area contributed by atoms with Crippen LogP contribution in [0.25, 0.3) is 16.9 Å². The summed E-state index contributed by atoms with van der Waals surface area (Å²) in [6, 6.07) is 9.55. The van der Waals surface area contributed by atoms with Crippen LogP contribution >= 0.6 is 0 Å². The van der Waals surface area contributed by atoms with E-state index in [0.717, 1.165) is 35.3 Å². The van der Waals surface area contributed by atoms with Gasteiger partial charge in [0.1, 0.15) is 11.5 Å². The van der Waals surface area contributed by atoms with Crippen molar-refractivity contribution >= 4 is 29.2 Å². The first kappa shape index (κ1) is 23.3. The summed E-state index contributed by atoms with van der Waals surface area (Å²) < 4.78 is 25.4. The number of hydrogen-bond donors (Lipinski definition) is 1. The number of halogens is 1. The maximum atomic E-state index is 13.9. The third-order valence-corrected chi connectivity index (χ3v) is 6.20. The molecule has 4 aromatic rings. The molecule has 1 saturated carbocycles. The minimum Gasteiger partial charge on any atom is -0.494 e. The number of ether oxygens (including phenoxy) is 2. The molecule has 1 aromatic carbocycles. The van der Waals surface area contributed by atoms with Gasteiger partial charge < -0.3 is 14.4 Å². The molecule has 1 aliphatic carbocycles. The number of anilines is 2. The Morgan fingerprint density at radius 1 is 1.11 bits per heavy atom. The molecule has 5 rings (SSSR count). The van der Waals surface area contributed by atoms with Gasteiger partial charge in [-0.3, -0.25) is 14.5 Å². The minimum absolute atomic E-state index is 0.0119. The van der Waals surface area contributed by atoms with Gasteiger partial charge in [-0.15, -0.1) is 0 Å². The van der Waals surface area contributed by atoms with Gasteiger partial charge in [-0.05, 0) is 55.2 Å². The number of methoxy groups -OCH3 is 2. The molecule has 0 aliphatic heterocycles. The highest BCUT2D eigenvalue weighted by Gasteiger charge is 2.29. The summed E-state index contributed by atoms with van der Waals surface area (Å²) in [7, 11) is 4.33. The predicted molar refractivity (Wildman–Crippen MR) is 132 cm³/mol. The van der Waals surface area contributed by atoms with Crippen LogP contribution < -0.4 is 15.0 Å². The molecule has 1 aliphatic rings. The van der Waals surface area contributed by atoms with E-state index in [0.29, 0.717) is 23.0 Å². The van der Waals surface area contributed by atoms with E-state index in [2.05, 4.69) is 20.0 Å².